The number of hydrogen-bond donors (Lipinski definition) is 0. The summed E-state index contributed by atoms with van der Waals surface area (Å²) >= 11 is 6.82. The molecule has 2 heterocycles. The van der Waals surface area contributed by atoms with Gasteiger partial charge in [-0.25, -0.2) is 4.79 Å². The van der Waals surface area contributed by atoms with Crippen LogP contribution in [0.15, 0.2) is 71.4 Å². The van der Waals surface area contributed by atoms with E-state index in [-0.39, 0.29) is 11.9 Å². The van der Waals surface area contributed by atoms with E-state index in [1.54, 1.807) is 17.9 Å². The molecule has 8 heteroatoms. The summed E-state index contributed by atoms with van der Waals surface area (Å²) in [6.07, 6.45) is 3.81. The van der Waals surface area contributed by atoms with Crippen LogP contribution < -0.4 is 9.80 Å². The third kappa shape index (κ3) is 4.60. The minimum atomic E-state index is -0.330. The Kier molecular flexibility index (Phi) is 7.38. The van der Waals surface area contributed by atoms with Crippen molar-refractivity contribution in [2.24, 2.45) is 0 Å². The summed E-state index contributed by atoms with van der Waals surface area (Å²) in [6, 6.07) is 15.5. The molecule has 176 valence electrons. The predicted molar refractivity (Wildman–Crippen MR) is 142 cm³/mol. The van der Waals surface area contributed by atoms with Crippen LogP contribution in [0.5, 0.6) is 0 Å². The van der Waals surface area contributed by atoms with Gasteiger partial charge in [0, 0.05) is 13.1 Å². The molecular weight excluding hydrogens is 466 g/mol. The van der Waals surface area contributed by atoms with Gasteiger partial charge in [0.1, 0.15) is 10.1 Å². The van der Waals surface area contributed by atoms with Crippen LogP contribution in [0.3, 0.4) is 0 Å². The summed E-state index contributed by atoms with van der Waals surface area (Å²) in [5.74, 6) is 0.542. The van der Waals surface area contributed by atoms with E-state index in [1.807, 2.05) is 54.6 Å². The number of carbonyl (C=O) groups excluding carboxylic acids is 2. The maximum atomic E-state index is 13.1. The molecule has 0 spiro atoms. The average Bonchev–Trinajstić information content (AvgIpc) is 3.30. The number of carbonyl (C=O) groups is 2. The number of esters is 1. The van der Waals surface area contributed by atoms with E-state index in [2.05, 4.69) is 23.6 Å². The molecule has 2 aromatic rings. The van der Waals surface area contributed by atoms with E-state index in [4.69, 9.17) is 17.0 Å². The fourth-order valence-electron chi connectivity index (χ4n) is 4.11. The first-order valence-corrected chi connectivity index (χ1v) is 12.6. The number of amides is 1. The molecule has 0 atom stereocenters. The molecular formula is C26H27N3O3S2. The maximum Gasteiger partial charge on any atom is 0.338 e. The number of rotatable bonds is 7. The van der Waals surface area contributed by atoms with Crippen molar-refractivity contribution in [3.05, 3.63) is 82.5 Å². The second-order valence-corrected chi connectivity index (χ2v) is 9.39. The Morgan fingerprint density at radius 3 is 2.35 bits per heavy atom. The van der Waals surface area contributed by atoms with E-state index in [0.29, 0.717) is 34.5 Å². The highest BCUT2D eigenvalue weighted by Gasteiger charge is 2.33. The predicted octanol–water partition coefficient (Wildman–Crippen LogP) is 5.32. The molecule has 1 saturated heterocycles. The lowest BCUT2D eigenvalue weighted by Gasteiger charge is -2.23. The van der Waals surface area contributed by atoms with Gasteiger partial charge in [-0.3, -0.25) is 9.69 Å². The third-order valence-corrected chi connectivity index (χ3v) is 7.09. The fourth-order valence-corrected chi connectivity index (χ4v) is 5.31. The Hall–Kier alpha value is -3.10. The van der Waals surface area contributed by atoms with Gasteiger partial charge >= 0.3 is 5.97 Å². The van der Waals surface area contributed by atoms with Gasteiger partial charge in [0.2, 0.25) is 0 Å². The highest BCUT2D eigenvalue weighted by atomic mass is 32.2. The molecule has 0 N–H and O–H groups in total. The highest BCUT2D eigenvalue weighted by molar-refractivity contribution is 8.26. The van der Waals surface area contributed by atoms with Crippen LogP contribution in [0.2, 0.25) is 0 Å². The minimum absolute atomic E-state index is 0.0816. The molecule has 2 aliphatic heterocycles. The fraction of sp³-hybridized carbons (Fsp3) is 0.269. The second-order valence-electron chi connectivity index (χ2n) is 7.71. The van der Waals surface area contributed by atoms with Crippen molar-refractivity contribution in [2.75, 3.05) is 29.5 Å². The lowest BCUT2D eigenvalue weighted by atomic mass is 10.1. The van der Waals surface area contributed by atoms with Crippen LogP contribution in [-0.4, -0.2) is 40.8 Å². The number of benzene rings is 2. The molecule has 2 aliphatic rings. The zero-order chi connectivity index (χ0) is 24.2. The summed E-state index contributed by atoms with van der Waals surface area (Å²) in [5.41, 5.74) is 3.54. The number of thiocarbonyl (C=S) groups is 1. The molecule has 0 saturated carbocycles. The number of hydrogen-bond acceptors (Lipinski definition) is 7. The van der Waals surface area contributed by atoms with Crippen molar-refractivity contribution >= 4 is 51.6 Å². The summed E-state index contributed by atoms with van der Waals surface area (Å²) in [4.78, 5) is 31.9. The van der Waals surface area contributed by atoms with Gasteiger partial charge in [-0.1, -0.05) is 54.3 Å². The van der Waals surface area contributed by atoms with Crippen molar-refractivity contribution in [1.82, 2.24) is 4.90 Å². The van der Waals surface area contributed by atoms with Gasteiger partial charge in [0.15, 0.2) is 0 Å². The van der Waals surface area contributed by atoms with E-state index < -0.39 is 0 Å². The molecule has 1 fully saturated rings. The van der Waals surface area contributed by atoms with Crippen molar-refractivity contribution in [3.8, 4) is 0 Å². The number of ether oxygens (including phenoxy) is 1. The SMILES string of the molecule is CCOC(=O)c1ccc2c(c1)N(CC)C(=CC=C1SC(=S)N(Cc3ccccc3)C1=O)N2CC. The Morgan fingerprint density at radius 2 is 1.68 bits per heavy atom. The van der Waals surface area contributed by atoms with E-state index in [0.717, 1.165) is 29.3 Å². The van der Waals surface area contributed by atoms with E-state index in [9.17, 15) is 9.59 Å². The van der Waals surface area contributed by atoms with Crippen LogP contribution in [0, 0.1) is 0 Å². The van der Waals surface area contributed by atoms with Crippen molar-refractivity contribution in [3.63, 3.8) is 0 Å². The molecule has 0 aromatic heterocycles. The zero-order valence-electron chi connectivity index (χ0n) is 19.5. The zero-order valence-corrected chi connectivity index (χ0v) is 21.1. The van der Waals surface area contributed by atoms with E-state index >= 15 is 0 Å². The smallest absolute Gasteiger partial charge is 0.338 e. The first-order valence-electron chi connectivity index (χ1n) is 11.3. The summed E-state index contributed by atoms with van der Waals surface area (Å²) in [5, 5.41) is 0. The molecule has 6 nitrogen and oxygen atoms in total. The quantitative estimate of drug-likeness (QED) is 0.294. The molecule has 0 unspecified atom stereocenters. The van der Waals surface area contributed by atoms with Gasteiger partial charge in [0.25, 0.3) is 5.91 Å². The Labute approximate surface area is 209 Å². The van der Waals surface area contributed by atoms with Crippen LogP contribution in [0.25, 0.3) is 0 Å². The van der Waals surface area contributed by atoms with Crippen LogP contribution in [0.1, 0.15) is 36.7 Å². The number of anilines is 2. The maximum absolute atomic E-state index is 13.1. The molecule has 2 aromatic carbocycles. The molecule has 0 aliphatic carbocycles. The highest BCUT2D eigenvalue weighted by Crippen LogP contribution is 2.42. The molecule has 4 rings (SSSR count). The molecule has 0 bridgehead atoms. The van der Waals surface area contributed by atoms with Gasteiger partial charge in [-0.05, 0) is 56.7 Å². The molecule has 34 heavy (non-hydrogen) atoms. The number of allylic oxidation sites excluding steroid dienone is 2. The Bertz CT molecular complexity index is 1180. The lowest BCUT2D eigenvalue weighted by molar-refractivity contribution is -0.122. The molecule has 1 amide bonds. The summed E-state index contributed by atoms with van der Waals surface area (Å²) in [6.45, 7) is 8.20. The van der Waals surface area contributed by atoms with Gasteiger partial charge < -0.3 is 14.5 Å². The lowest BCUT2D eigenvalue weighted by Crippen LogP contribution is -2.28. The Balaban J connectivity index is 1.61. The van der Waals surface area contributed by atoms with Crippen molar-refractivity contribution in [2.45, 2.75) is 27.3 Å². The standard InChI is InChI=1S/C26H27N3O3S2/c1-4-27-20-13-12-19(25(31)32-6-3)16-21(20)28(5-2)23(27)15-14-22-24(30)29(26(33)34-22)17-18-10-8-7-9-11-18/h7-16H,4-6,17H2,1-3H3. The first kappa shape index (κ1) is 24.0. The van der Waals surface area contributed by atoms with Gasteiger partial charge in [0.05, 0.1) is 35.0 Å². The summed E-state index contributed by atoms with van der Waals surface area (Å²) < 4.78 is 5.74. The minimum Gasteiger partial charge on any atom is -0.462 e. The largest absolute Gasteiger partial charge is 0.462 e. The topological polar surface area (TPSA) is 53.1 Å². The average molecular weight is 494 g/mol. The Morgan fingerprint density at radius 1 is 0.971 bits per heavy atom. The first-order chi connectivity index (χ1) is 16.5. The normalized spacial score (nSPS) is 17.8. The van der Waals surface area contributed by atoms with Gasteiger partial charge in [-0.15, -0.1) is 0 Å². The number of thioether (sulfide) groups is 1. The van der Waals surface area contributed by atoms with Gasteiger partial charge in [-0.2, -0.15) is 0 Å². The summed E-state index contributed by atoms with van der Waals surface area (Å²) in [7, 11) is 0. The van der Waals surface area contributed by atoms with Crippen LogP contribution >= 0.6 is 24.0 Å². The van der Waals surface area contributed by atoms with Crippen LogP contribution in [0.4, 0.5) is 11.4 Å². The third-order valence-electron chi connectivity index (χ3n) is 5.69. The van der Waals surface area contributed by atoms with Crippen molar-refractivity contribution < 1.29 is 14.3 Å². The second kappa shape index (κ2) is 10.4. The number of nitrogens with zero attached hydrogens (tertiary/aromatic N) is 3. The monoisotopic (exact) mass is 493 g/mol. The number of fused-ring (bicyclic) bond motifs is 1. The van der Waals surface area contributed by atoms with Crippen LogP contribution in [-0.2, 0) is 16.1 Å². The van der Waals surface area contributed by atoms with E-state index in [1.165, 1.54) is 11.8 Å². The van der Waals surface area contributed by atoms with Crippen molar-refractivity contribution in [1.29, 1.82) is 0 Å². The molecule has 0 radical (unpaired) electrons.